The molecule has 0 amide bonds. The fourth-order valence-corrected chi connectivity index (χ4v) is 0.922. The topological polar surface area (TPSA) is 70.2 Å². The van der Waals surface area contributed by atoms with Crippen LogP contribution < -0.4 is 5.73 Å². The largest absolute Gasteiger partial charge is 0.368 e. The number of carbonyl (C=O) groups excluding carboxylic acids is 1. The van der Waals surface area contributed by atoms with Crippen molar-refractivity contribution >= 4 is 11.7 Å². The first-order valence-electron chi connectivity index (χ1n) is 4.31. The molecule has 0 saturated carbocycles. The van der Waals surface area contributed by atoms with E-state index in [9.17, 15) is 9.28 Å². The van der Waals surface area contributed by atoms with Gasteiger partial charge in [-0.25, -0.2) is 0 Å². The Kier molecular flexibility index (Phi) is 5.84. The number of unbranched alkanes of at least 4 members (excludes halogenated alkanes) is 2. The highest BCUT2D eigenvalue weighted by Crippen LogP contribution is 2.02. The van der Waals surface area contributed by atoms with E-state index < -0.39 is 5.96 Å². The third-order valence-corrected chi connectivity index (χ3v) is 1.64. The van der Waals surface area contributed by atoms with Crippen LogP contribution in [0.15, 0.2) is 0 Å². The zero-order valence-corrected chi connectivity index (χ0v) is 7.85. The Hall–Kier alpha value is -1.13. The van der Waals surface area contributed by atoms with E-state index in [1.54, 1.807) is 0 Å². The third kappa shape index (κ3) is 7.24. The molecule has 0 rings (SSSR count). The maximum atomic E-state index is 12.5. The fourth-order valence-electron chi connectivity index (χ4n) is 0.922. The minimum atomic E-state index is -0.563. The zero-order chi connectivity index (χ0) is 10.3. The van der Waals surface area contributed by atoms with Crippen LogP contribution in [0.5, 0.6) is 0 Å². The summed E-state index contributed by atoms with van der Waals surface area (Å²) < 4.78 is 12.5. The molecule has 0 atom stereocenters. The Bertz CT molecular complexity index is 184. The van der Waals surface area contributed by atoms with Crippen LogP contribution in [0.2, 0.25) is 0 Å². The second kappa shape index (κ2) is 6.39. The number of rotatable bonds is 6. The van der Waals surface area contributed by atoms with Crippen LogP contribution in [0.3, 0.4) is 0 Å². The van der Waals surface area contributed by atoms with Gasteiger partial charge in [-0.15, -0.1) is 0 Å². The molecule has 0 unspecified atom stereocenters. The minimum Gasteiger partial charge on any atom is -0.368 e. The number of ketones is 1. The number of nitrogens with two attached hydrogens (primary N) is 1. The van der Waals surface area contributed by atoms with E-state index in [1.165, 1.54) is 6.92 Å². The lowest BCUT2D eigenvalue weighted by Crippen LogP contribution is -2.30. The number of hydrogen-bond donors (Lipinski definition) is 2. The molecule has 0 radical (unpaired) electrons. The van der Waals surface area contributed by atoms with Crippen LogP contribution in [0.1, 0.15) is 32.6 Å². The lowest BCUT2D eigenvalue weighted by atomic mass is 10.1. The van der Waals surface area contributed by atoms with Gasteiger partial charge in [-0.3, -0.25) is 5.41 Å². The molecule has 0 spiro atoms. The summed E-state index contributed by atoms with van der Waals surface area (Å²) in [7, 11) is 0. The Morgan fingerprint density at radius 2 is 2.08 bits per heavy atom. The quantitative estimate of drug-likeness (QED) is 0.285. The van der Waals surface area contributed by atoms with Crippen molar-refractivity contribution in [1.82, 2.24) is 5.12 Å². The van der Waals surface area contributed by atoms with Crippen LogP contribution in [-0.2, 0) is 4.79 Å². The average Bonchev–Trinajstić information content (AvgIpc) is 2.02. The number of nitrogens with zero attached hydrogens (tertiary/aromatic N) is 1. The molecule has 0 bridgehead atoms. The first-order valence-corrected chi connectivity index (χ1v) is 4.31. The molecular weight excluding hydrogens is 173 g/mol. The molecule has 0 aliphatic heterocycles. The SMILES string of the molecule is CC(=O)CCCCCN(F)C(=N)N. The number of halogens is 1. The highest BCUT2D eigenvalue weighted by Gasteiger charge is 2.02. The van der Waals surface area contributed by atoms with Crippen molar-refractivity contribution in [1.29, 1.82) is 5.41 Å². The first kappa shape index (κ1) is 11.9. The van der Waals surface area contributed by atoms with E-state index in [-0.39, 0.29) is 17.5 Å². The molecule has 4 nitrogen and oxygen atoms in total. The molecule has 0 aliphatic carbocycles. The Balaban J connectivity index is 3.26. The van der Waals surface area contributed by atoms with E-state index in [0.29, 0.717) is 12.8 Å². The summed E-state index contributed by atoms with van der Waals surface area (Å²) in [6.45, 7) is 1.67. The summed E-state index contributed by atoms with van der Waals surface area (Å²) >= 11 is 0. The molecule has 5 heteroatoms. The molecule has 0 heterocycles. The number of guanidine groups is 1. The molecule has 0 aromatic carbocycles. The van der Waals surface area contributed by atoms with Crippen LogP contribution in [0, 0.1) is 5.41 Å². The molecule has 0 aliphatic rings. The molecule has 0 aromatic rings. The summed E-state index contributed by atoms with van der Waals surface area (Å²) in [4.78, 5) is 10.5. The third-order valence-electron chi connectivity index (χ3n) is 1.64. The van der Waals surface area contributed by atoms with Crippen molar-refractivity contribution in [2.75, 3.05) is 6.54 Å². The second-order valence-corrected chi connectivity index (χ2v) is 2.98. The lowest BCUT2D eigenvalue weighted by Gasteiger charge is -2.09. The Morgan fingerprint density at radius 1 is 1.46 bits per heavy atom. The van der Waals surface area contributed by atoms with Crippen LogP contribution in [0.4, 0.5) is 4.48 Å². The van der Waals surface area contributed by atoms with Gasteiger partial charge in [0, 0.05) is 6.42 Å². The van der Waals surface area contributed by atoms with Crippen molar-refractivity contribution < 1.29 is 9.28 Å². The van der Waals surface area contributed by atoms with E-state index in [2.05, 4.69) is 0 Å². The van der Waals surface area contributed by atoms with E-state index in [0.717, 1.165) is 12.8 Å². The number of nitrogens with one attached hydrogen (secondary N) is 1. The van der Waals surface area contributed by atoms with Gasteiger partial charge in [0.15, 0.2) is 0 Å². The van der Waals surface area contributed by atoms with Crippen molar-refractivity contribution in [3.8, 4) is 0 Å². The van der Waals surface area contributed by atoms with E-state index >= 15 is 0 Å². The van der Waals surface area contributed by atoms with Gasteiger partial charge in [-0.05, 0) is 19.8 Å². The van der Waals surface area contributed by atoms with Crippen LogP contribution in [-0.4, -0.2) is 23.4 Å². The van der Waals surface area contributed by atoms with E-state index in [1.807, 2.05) is 0 Å². The summed E-state index contributed by atoms with van der Waals surface area (Å²) in [6, 6.07) is 0. The Morgan fingerprint density at radius 3 is 2.54 bits per heavy atom. The lowest BCUT2D eigenvalue weighted by molar-refractivity contribution is -0.117. The summed E-state index contributed by atoms with van der Waals surface area (Å²) in [5.41, 5.74) is 4.88. The molecule has 3 N–H and O–H groups in total. The molecule has 76 valence electrons. The Labute approximate surface area is 77.3 Å². The minimum absolute atomic E-state index is 0.132. The second-order valence-electron chi connectivity index (χ2n) is 2.98. The molecule has 13 heavy (non-hydrogen) atoms. The standard InChI is InChI=1S/C8H16FN3O/c1-7(13)5-3-2-4-6-12(9)8(10)11/h2-6H2,1H3,(H3,10,11). The fraction of sp³-hybridized carbons (Fsp3) is 0.750. The van der Waals surface area contributed by atoms with Gasteiger partial charge in [-0.2, -0.15) is 5.12 Å². The predicted molar refractivity (Wildman–Crippen MR) is 48.9 cm³/mol. The monoisotopic (exact) mass is 189 g/mol. The van der Waals surface area contributed by atoms with Gasteiger partial charge in [0.25, 0.3) is 0 Å². The highest BCUT2D eigenvalue weighted by molar-refractivity contribution is 5.75. The first-order chi connectivity index (χ1) is 6.04. The van der Waals surface area contributed by atoms with Crippen LogP contribution in [0.25, 0.3) is 0 Å². The normalized spacial score (nSPS) is 9.69. The summed E-state index contributed by atoms with van der Waals surface area (Å²) in [6.07, 6.45) is 2.73. The van der Waals surface area contributed by atoms with Gasteiger partial charge in [-0.1, -0.05) is 10.9 Å². The maximum absolute atomic E-state index is 12.5. The van der Waals surface area contributed by atoms with Gasteiger partial charge in [0.05, 0.1) is 6.54 Å². The van der Waals surface area contributed by atoms with Crippen LogP contribution >= 0.6 is 0 Å². The van der Waals surface area contributed by atoms with Crippen molar-refractivity contribution in [2.24, 2.45) is 5.73 Å². The predicted octanol–water partition coefficient (Wildman–Crippen LogP) is 1.22. The van der Waals surface area contributed by atoms with Crippen molar-refractivity contribution in [3.05, 3.63) is 0 Å². The molecule has 0 fully saturated rings. The smallest absolute Gasteiger partial charge is 0.217 e. The van der Waals surface area contributed by atoms with E-state index in [4.69, 9.17) is 11.1 Å². The zero-order valence-electron chi connectivity index (χ0n) is 7.85. The number of hydrogen-bond acceptors (Lipinski definition) is 2. The summed E-state index contributed by atoms with van der Waals surface area (Å²) in [5, 5.41) is 6.93. The molecule has 0 aromatic heterocycles. The number of carbonyl (C=O) groups is 1. The van der Waals surface area contributed by atoms with Gasteiger partial charge in [0.2, 0.25) is 5.96 Å². The summed E-state index contributed by atoms with van der Waals surface area (Å²) in [5.74, 6) is -0.407. The van der Waals surface area contributed by atoms with Crippen molar-refractivity contribution in [2.45, 2.75) is 32.6 Å². The highest BCUT2D eigenvalue weighted by atomic mass is 19.2. The average molecular weight is 189 g/mol. The maximum Gasteiger partial charge on any atom is 0.217 e. The van der Waals surface area contributed by atoms with Gasteiger partial charge in [0.1, 0.15) is 5.78 Å². The molecular formula is C8H16FN3O. The molecule has 0 saturated heterocycles. The van der Waals surface area contributed by atoms with Gasteiger partial charge >= 0.3 is 0 Å². The van der Waals surface area contributed by atoms with Crippen molar-refractivity contribution in [3.63, 3.8) is 0 Å². The number of Topliss-reactive ketones (excluding diaryl/α,β-unsaturated/α-hetero) is 1. The van der Waals surface area contributed by atoms with Gasteiger partial charge < -0.3 is 10.5 Å².